The maximum absolute atomic E-state index is 12.6. The van der Waals surface area contributed by atoms with Crippen molar-refractivity contribution in [3.8, 4) is 0 Å². The Bertz CT molecular complexity index is 796. The molecular formula is C19H18N2O4. The number of hydrogen-bond donors (Lipinski definition) is 1. The molecule has 3 rings (SSSR count). The lowest BCUT2D eigenvalue weighted by atomic mass is 10.1. The number of amides is 2. The van der Waals surface area contributed by atoms with E-state index in [2.05, 4.69) is 0 Å². The molecule has 2 aromatic rings. The number of carboxylic acids is 1. The van der Waals surface area contributed by atoms with E-state index in [1.807, 2.05) is 18.2 Å². The van der Waals surface area contributed by atoms with Gasteiger partial charge in [-0.05, 0) is 24.3 Å². The van der Waals surface area contributed by atoms with Crippen molar-refractivity contribution in [2.45, 2.75) is 0 Å². The van der Waals surface area contributed by atoms with Gasteiger partial charge in [-0.2, -0.15) is 0 Å². The summed E-state index contributed by atoms with van der Waals surface area (Å²) in [7, 11) is 0. The van der Waals surface area contributed by atoms with Crippen molar-refractivity contribution in [2.75, 3.05) is 26.2 Å². The third kappa shape index (κ3) is 3.52. The van der Waals surface area contributed by atoms with Gasteiger partial charge in [0.15, 0.2) is 0 Å². The second-order valence-corrected chi connectivity index (χ2v) is 5.80. The molecule has 0 bridgehead atoms. The highest BCUT2D eigenvalue weighted by atomic mass is 16.4. The maximum atomic E-state index is 12.6. The Labute approximate surface area is 145 Å². The lowest BCUT2D eigenvalue weighted by molar-refractivity contribution is 0.0531. The van der Waals surface area contributed by atoms with Crippen molar-refractivity contribution >= 4 is 17.8 Å². The molecular weight excluding hydrogens is 320 g/mol. The first-order valence-electron chi connectivity index (χ1n) is 8.04. The quantitative estimate of drug-likeness (QED) is 0.928. The van der Waals surface area contributed by atoms with Gasteiger partial charge in [0.1, 0.15) is 0 Å². The molecule has 2 aromatic carbocycles. The van der Waals surface area contributed by atoms with Crippen LogP contribution in [-0.2, 0) is 0 Å². The van der Waals surface area contributed by atoms with Gasteiger partial charge in [-0.15, -0.1) is 0 Å². The molecule has 0 atom stereocenters. The van der Waals surface area contributed by atoms with Crippen LogP contribution in [0.5, 0.6) is 0 Å². The largest absolute Gasteiger partial charge is 0.478 e. The van der Waals surface area contributed by atoms with Crippen LogP contribution in [0.4, 0.5) is 0 Å². The van der Waals surface area contributed by atoms with E-state index in [0.717, 1.165) is 0 Å². The Morgan fingerprint density at radius 2 is 1.16 bits per heavy atom. The number of nitrogens with zero attached hydrogens (tertiary/aromatic N) is 2. The summed E-state index contributed by atoms with van der Waals surface area (Å²) in [4.78, 5) is 39.7. The van der Waals surface area contributed by atoms with Crippen LogP contribution in [0.2, 0.25) is 0 Å². The molecule has 1 heterocycles. The van der Waals surface area contributed by atoms with Crippen molar-refractivity contribution in [1.29, 1.82) is 0 Å². The zero-order valence-electron chi connectivity index (χ0n) is 13.6. The van der Waals surface area contributed by atoms with Crippen molar-refractivity contribution in [2.24, 2.45) is 0 Å². The summed E-state index contributed by atoms with van der Waals surface area (Å²) in [5.41, 5.74) is 0.798. The van der Waals surface area contributed by atoms with E-state index in [1.54, 1.807) is 34.1 Å². The van der Waals surface area contributed by atoms with Gasteiger partial charge in [0.2, 0.25) is 0 Å². The molecule has 0 aromatic heterocycles. The molecule has 25 heavy (non-hydrogen) atoms. The Hall–Kier alpha value is -3.15. The van der Waals surface area contributed by atoms with Crippen LogP contribution in [0, 0.1) is 0 Å². The minimum absolute atomic E-state index is 0.00436. The van der Waals surface area contributed by atoms with Crippen LogP contribution in [0.3, 0.4) is 0 Å². The Morgan fingerprint density at radius 1 is 0.680 bits per heavy atom. The molecule has 1 aliphatic rings. The molecule has 2 amide bonds. The van der Waals surface area contributed by atoms with E-state index < -0.39 is 5.97 Å². The highest BCUT2D eigenvalue weighted by Crippen LogP contribution is 2.15. The number of piperazine rings is 1. The monoisotopic (exact) mass is 338 g/mol. The SMILES string of the molecule is O=C(O)c1ccccc1C(=O)N1CCN(C(=O)c2ccccc2)CC1. The smallest absolute Gasteiger partial charge is 0.336 e. The first-order valence-corrected chi connectivity index (χ1v) is 8.04. The second-order valence-electron chi connectivity index (χ2n) is 5.80. The van der Waals surface area contributed by atoms with Crippen LogP contribution in [0.1, 0.15) is 31.1 Å². The highest BCUT2D eigenvalue weighted by Gasteiger charge is 2.27. The van der Waals surface area contributed by atoms with Crippen LogP contribution in [-0.4, -0.2) is 58.9 Å². The van der Waals surface area contributed by atoms with E-state index in [4.69, 9.17) is 0 Å². The molecule has 1 aliphatic heterocycles. The molecule has 0 saturated carbocycles. The van der Waals surface area contributed by atoms with Gasteiger partial charge in [0, 0.05) is 31.7 Å². The summed E-state index contributed by atoms with van der Waals surface area (Å²) < 4.78 is 0. The minimum atomic E-state index is -1.12. The highest BCUT2D eigenvalue weighted by molar-refractivity contribution is 6.04. The number of hydrogen-bond acceptors (Lipinski definition) is 3. The molecule has 128 valence electrons. The molecule has 0 aliphatic carbocycles. The van der Waals surface area contributed by atoms with Crippen LogP contribution in [0.15, 0.2) is 54.6 Å². The average molecular weight is 338 g/mol. The van der Waals surface area contributed by atoms with Crippen LogP contribution in [0.25, 0.3) is 0 Å². The zero-order chi connectivity index (χ0) is 17.8. The van der Waals surface area contributed by atoms with Crippen LogP contribution < -0.4 is 0 Å². The zero-order valence-corrected chi connectivity index (χ0v) is 13.6. The fourth-order valence-corrected chi connectivity index (χ4v) is 2.90. The first kappa shape index (κ1) is 16.7. The summed E-state index contributed by atoms with van der Waals surface area (Å²) >= 11 is 0. The van der Waals surface area contributed by atoms with E-state index in [1.165, 1.54) is 12.1 Å². The van der Waals surface area contributed by atoms with E-state index >= 15 is 0 Å². The summed E-state index contributed by atoms with van der Waals surface area (Å²) in [6.45, 7) is 1.61. The predicted molar refractivity (Wildman–Crippen MR) is 91.7 cm³/mol. The summed E-state index contributed by atoms with van der Waals surface area (Å²) in [5.74, 6) is -1.50. The van der Waals surface area contributed by atoms with Gasteiger partial charge in [0.05, 0.1) is 11.1 Å². The summed E-state index contributed by atoms with van der Waals surface area (Å²) in [5, 5.41) is 9.23. The van der Waals surface area contributed by atoms with Crippen molar-refractivity contribution in [1.82, 2.24) is 9.80 Å². The third-order valence-electron chi connectivity index (χ3n) is 4.26. The standard InChI is InChI=1S/C19H18N2O4/c22-17(14-6-2-1-3-7-14)20-10-12-21(13-11-20)18(23)15-8-4-5-9-16(15)19(24)25/h1-9H,10-13H2,(H,24,25). The molecule has 6 nitrogen and oxygen atoms in total. The van der Waals surface area contributed by atoms with Crippen LogP contribution >= 0.6 is 0 Å². The number of rotatable bonds is 3. The minimum Gasteiger partial charge on any atom is -0.478 e. The van der Waals surface area contributed by atoms with E-state index in [-0.39, 0.29) is 22.9 Å². The maximum Gasteiger partial charge on any atom is 0.336 e. The van der Waals surface area contributed by atoms with Crippen molar-refractivity contribution < 1.29 is 19.5 Å². The number of carboxylic acid groups (broad SMARTS) is 1. The number of carbonyl (C=O) groups is 3. The van der Waals surface area contributed by atoms with Gasteiger partial charge in [-0.25, -0.2) is 4.79 Å². The van der Waals surface area contributed by atoms with Crippen molar-refractivity contribution in [3.05, 3.63) is 71.3 Å². The molecule has 0 radical (unpaired) electrons. The fourth-order valence-electron chi connectivity index (χ4n) is 2.90. The molecule has 1 fully saturated rings. The Morgan fingerprint density at radius 3 is 1.72 bits per heavy atom. The lowest BCUT2D eigenvalue weighted by Gasteiger charge is -2.35. The molecule has 1 N–H and O–H groups in total. The number of carbonyl (C=O) groups excluding carboxylic acids is 2. The fraction of sp³-hybridized carbons (Fsp3) is 0.211. The topological polar surface area (TPSA) is 77.9 Å². The van der Waals surface area contributed by atoms with E-state index in [0.29, 0.717) is 31.7 Å². The van der Waals surface area contributed by atoms with Gasteiger partial charge >= 0.3 is 5.97 Å². The summed E-state index contributed by atoms with van der Waals surface area (Å²) in [6, 6.07) is 15.2. The normalized spacial score (nSPS) is 14.2. The Balaban J connectivity index is 1.68. The number of benzene rings is 2. The van der Waals surface area contributed by atoms with E-state index in [9.17, 15) is 19.5 Å². The predicted octanol–water partition coefficient (Wildman–Crippen LogP) is 1.98. The van der Waals surface area contributed by atoms with Gasteiger partial charge in [-0.3, -0.25) is 9.59 Å². The second kappa shape index (κ2) is 7.17. The van der Waals surface area contributed by atoms with Gasteiger partial charge < -0.3 is 14.9 Å². The van der Waals surface area contributed by atoms with Crippen molar-refractivity contribution in [3.63, 3.8) is 0 Å². The third-order valence-corrected chi connectivity index (χ3v) is 4.26. The number of aromatic carboxylic acids is 1. The average Bonchev–Trinajstić information content (AvgIpc) is 2.67. The molecule has 0 spiro atoms. The molecule has 1 saturated heterocycles. The summed E-state index contributed by atoms with van der Waals surface area (Å²) in [6.07, 6.45) is 0. The van der Waals surface area contributed by atoms with Gasteiger partial charge in [0.25, 0.3) is 11.8 Å². The molecule has 0 unspecified atom stereocenters. The van der Waals surface area contributed by atoms with Gasteiger partial charge in [-0.1, -0.05) is 30.3 Å². The first-order chi connectivity index (χ1) is 12.1. The Kier molecular flexibility index (Phi) is 4.79. The molecule has 6 heteroatoms. The lowest BCUT2D eigenvalue weighted by Crippen LogP contribution is -2.50.